The maximum Gasteiger partial charge on any atom is 0.251 e. The summed E-state index contributed by atoms with van der Waals surface area (Å²) in [6.45, 7) is 0.302. The molecule has 2 rings (SSSR count). The van der Waals surface area contributed by atoms with Crippen LogP contribution in [0.3, 0.4) is 0 Å². The van der Waals surface area contributed by atoms with Gasteiger partial charge in [0.15, 0.2) is 5.82 Å². The number of nitrogens with zero attached hydrogens (tertiary/aromatic N) is 3. The molecule has 0 saturated heterocycles. The Balaban J connectivity index is 1.94. The molecule has 4 N–H and O–H groups in total. The van der Waals surface area contributed by atoms with Crippen LogP contribution in [-0.4, -0.2) is 20.7 Å². The van der Waals surface area contributed by atoms with Crippen molar-refractivity contribution in [2.24, 2.45) is 12.9 Å². The molecule has 94 valence electrons. The number of nitrogens with one attached hydrogen (secondary N) is 2. The minimum atomic E-state index is -0.175. The van der Waals surface area contributed by atoms with Crippen LogP contribution >= 0.6 is 0 Å². The lowest BCUT2D eigenvalue weighted by molar-refractivity contribution is 0.0950. The Morgan fingerprint density at radius 3 is 2.67 bits per heavy atom. The highest BCUT2D eigenvalue weighted by molar-refractivity contribution is 5.94. The molecule has 1 amide bonds. The van der Waals surface area contributed by atoms with E-state index in [1.54, 1.807) is 42.3 Å². The molecule has 0 aliphatic rings. The number of aromatic nitrogens is 3. The highest BCUT2D eigenvalue weighted by Crippen LogP contribution is 2.07. The third-order valence-corrected chi connectivity index (χ3v) is 2.37. The molecule has 7 heteroatoms. The molecule has 0 unspecified atom stereocenters. The van der Waals surface area contributed by atoms with Crippen LogP contribution in [0.1, 0.15) is 16.2 Å². The lowest BCUT2D eigenvalue weighted by atomic mass is 10.2. The van der Waals surface area contributed by atoms with Gasteiger partial charge in [0.05, 0.1) is 6.54 Å². The van der Waals surface area contributed by atoms with Gasteiger partial charge in [-0.05, 0) is 24.3 Å². The molecule has 0 fully saturated rings. The Kier molecular flexibility index (Phi) is 3.54. The van der Waals surface area contributed by atoms with Crippen LogP contribution in [0.25, 0.3) is 0 Å². The van der Waals surface area contributed by atoms with Crippen LogP contribution in [0.5, 0.6) is 0 Å². The van der Waals surface area contributed by atoms with Gasteiger partial charge in [-0.1, -0.05) is 0 Å². The van der Waals surface area contributed by atoms with Gasteiger partial charge in [-0.2, -0.15) is 5.10 Å². The summed E-state index contributed by atoms with van der Waals surface area (Å²) in [6, 6.07) is 6.84. The van der Waals surface area contributed by atoms with Gasteiger partial charge in [0, 0.05) is 18.3 Å². The highest BCUT2D eigenvalue weighted by Gasteiger charge is 2.06. The summed E-state index contributed by atoms with van der Waals surface area (Å²) < 4.78 is 1.59. The van der Waals surface area contributed by atoms with Crippen LogP contribution in [0.2, 0.25) is 0 Å². The minimum Gasteiger partial charge on any atom is -0.345 e. The fourth-order valence-corrected chi connectivity index (χ4v) is 1.44. The van der Waals surface area contributed by atoms with E-state index in [0.717, 1.165) is 5.69 Å². The molecule has 0 aliphatic carbocycles. The van der Waals surface area contributed by atoms with E-state index in [0.29, 0.717) is 17.9 Å². The maximum atomic E-state index is 11.8. The minimum absolute atomic E-state index is 0.175. The molecule has 18 heavy (non-hydrogen) atoms. The summed E-state index contributed by atoms with van der Waals surface area (Å²) in [5.74, 6) is 5.64. The van der Waals surface area contributed by atoms with E-state index < -0.39 is 0 Å². The lowest BCUT2D eigenvalue weighted by Gasteiger charge is -2.04. The monoisotopic (exact) mass is 246 g/mol. The molecule has 1 heterocycles. The maximum absolute atomic E-state index is 11.8. The molecule has 0 saturated carbocycles. The number of hydrogen-bond acceptors (Lipinski definition) is 5. The lowest BCUT2D eigenvalue weighted by Crippen LogP contribution is -2.23. The van der Waals surface area contributed by atoms with Crippen LogP contribution in [0.15, 0.2) is 30.6 Å². The number of carbonyl (C=O) groups excluding carboxylic acids is 1. The number of nitrogens with two attached hydrogens (primary N) is 1. The summed E-state index contributed by atoms with van der Waals surface area (Å²) in [7, 11) is 1.77. The van der Waals surface area contributed by atoms with Gasteiger partial charge in [0.1, 0.15) is 6.33 Å². The topological polar surface area (TPSA) is 97.9 Å². The van der Waals surface area contributed by atoms with E-state index in [1.165, 1.54) is 0 Å². The average molecular weight is 246 g/mol. The second-order valence-electron chi connectivity index (χ2n) is 3.74. The summed E-state index contributed by atoms with van der Waals surface area (Å²) in [6.07, 6.45) is 1.59. The Bertz CT molecular complexity index is 533. The molecule has 1 aromatic heterocycles. The Morgan fingerprint density at radius 1 is 1.39 bits per heavy atom. The van der Waals surface area contributed by atoms with Crippen molar-refractivity contribution in [2.45, 2.75) is 6.54 Å². The third kappa shape index (κ3) is 2.83. The zero-order valence-corrected chi connectivity index (χ0v) is 9.92. The molecule has 0 radical (unpaired) electrons. The SMILES string of the molecule is Cn1cnc(CNC(=O)c2ccc(NN)cc2)n1. The molecule has 0 aliphatic heterocycles. The summed E-state index contributed by atoms with van der Waals surface area (Å²) >= 11 is 0. The van der Waals surface area contributed by atoms with Crippen molar-refractivity contribution in [3.63, 3.8) is 0 Å². The predicted molar refractivity (Wildman–Crippen MR) is 66.4 cm³/mol. The number of carbonyl (C=O) groups is 1. The number of nitrogen functional groups attached to an aromatic ring is 1. The van der Waals surface area contributed by atoms with E-state index in [-0.39, 0.29) is 5.91 Å². The van der Waals surface area contributed by atoms with E-state index in [4.69, 9.17) is 5.84 Å². The van der Waals surface area contributed by atoms with E-state index in [2.05, 4.69) is 20.8 Å². The van der Waals surface area contributed by atoms with Crippen molar-refractivity contribution in [1.82, 2.24) is 20.1 Å². The van der Waals surface area contributed by atoms with E-state index in [1.807, 2.05) is 0 Å². The van der Waals surface area contributed by atoms with Gasteiger partial charge in [0.25, 0.3) is 5.91 Å². The predicted octanol–water partition coefficient (Wildman–Crippen LogP) is 0.0307. The zero-order valence-electron chi connectivity index (χ0n) is 9.92. The smallest absolute Gasteiger partial charge is 0.251 e. The third-order valence-electron chi connectivity index (χ3n) is 2.37. The highest BCUT2D eigenvalue weighted by atomic mass is 16.1. The average Bonchev–Trinajstić information content (AvgIpc) is 2.82. The molecule has 0 bridgehead atoms. The Labute approximate surface area is 104 Å². The van der Waals surface area contributed by atoms with Gasteiger partial charge in [-0.15, -0.1) is 0 Å². The number of benzene rings is 1. The summed E-state index contributed by atoms with van der Waals surface area (Å²) in [5.41, 5.74) is 3.81. The second kappa shape index (κ2) is 5.28. The number of amides is 1. The van der Waals surface area contributed by atoms with Gasteiger partial charge in [-0.25, -0.2) is 4.98 Å². The van der Waals surface area contributed by atoms with E-state index in [9.17, 15) is 4.79 Å². The van der Waals surface area contributed by atoms with Gasteiger partial charge >= 0.3 is 0 Å². The molecular formula is C11H14N6O. The van der Waals surface area contributed by atoms with Crippen molar-refractivity contribution in [3.05, 3.63) is 42.0 Å². The van der Waals surface area contributed by atoms with Crippen LogP contribution < -0.4 is 16.6 Å². The zero-order chi connectivity index (χ0) is 13.0. The number of aryl methyl sites for hydroxylation is 1. The van der Waals surface area contributed by atoms with E-state index >= 15 is 0 Å². The Morgan fingerprint density at radius 2 is 2.11 bits per heavy atom. The standard InChI is InChI=1S/C11H14N6O/c1-17-7-14-10(16-17)6-13-11(18)8-2-4-9(15-12)5-3-8/h2-5,7,15H,6,12H2,1H3,(H,13,18). The van der Waals surface area contributed by atoms with Crippen molar-refractivity contribution in [3.8, 4) is 0 Å². The first-order valence-electron chi connectivity index (χ1n) is 5.38. The molecular weight excluding hydrogens is 232 g/mol. The summed E-state index contributed by atoms with van der Waals surface area (Å²) in [5, 5.41) is 6.81. The summed E-state index contributed by atoms with van der Waals surface area (Å²) in [4.78, 5) is 15.8. The van der Waals surface area contributed by atoms with Crippen molar-refractivity contribution >= 4 is 11.6 Å². The molecule has 1 aromatic carbocycles. The van der Waals surface area contributed by atoms with Crippen LogP contribution in [-0.2, 0) is 13.6 Å². The fraction of sp³-hybridized carbons (Fsp3) is 0.182. The largest absolute Gasteiger partial charge is 0.345 e. The first-order chi connectivity index (χ1) is 8.69. The van der Waals surface area contributed by atoms with Crippen molar-refractivity contribution in [2.75, 3.05) is 5.43 Å². The van der Waals surface area contributed by atoms with Crippen molar-refractivity contribution in [1.29, 1.82) is 0 Å². The number of anilines is 1. The fourth-order valence-electron chi connectivity index (χ4n) is 1.44. The number of hydrazine groups is 1. The van der Waals surface area contributed by atoms with Gasteiger partial charge in [0.2, 0.25) is 0 Å². The Hall–Kier alpha value is -2.41. The van der Waals surface area contributed by atoms with Crippen LogP contribution in [0, 0.1) is 0 Å². The number of rotatable bonds is 4. The van der Waals surface area contributed by atoms with Gasteiger partial charge in [-0.3, -0.25) is 15.3 Å². The molecule has 7 nitrogen and oxygen atoms in total. The first kappa shape index (κ1) is 12.1. The van der Waals surface area contributed by atoms with Gasteiger partial charge < -0.3 is 10.7 Å². The number of hydrogen-bond donors (Lipinski definition) is 3. The first-order valence-corrected chi connectivity index (χ1v) is 5.38. The van der Waals surface area contributed by atoms with Crippen molar-refractivity contribution < 1.29 is 4.79 Å². The van der Waals surface area contributed by atoms with Crippen LogP contribution in [0.4, 0.5) is 5.69 Å². The second-order valence-corrected chi connectivity index (χ2v) is 3.74. The molecule has 2 aromatic rings. The molecule has 0 spiro atoms. The quantitative estimate of drug-likeness (QED) is 0.522. The molecule has 0 atom stereocenters. The normalized spacial score (nSPS) is 10.1.